The Hall–Kier alpha value is -2.41. The van der Waals surface area contributed by atoms with Crippen LogP contribution in [-0.4, -0.2) is 11.9 Å². The first-order chi connectivity index (χ1) is 10.6. The lowest BCUT2D eigenvalue weighted by atomic mass is 10.2. The van der Waals surface area contributed by atoms with E-state index in [1.807, 2.05) is 18.2 Å². The molecule has 0 saturated heterocycles. The third-order valence-electron chi connectivity index (χ3n) is 3.01. The molecule has 2 aromatic carbocycles. The number of hydrogen-bond donors (Lipinski definition) is 2. The normalized spacial score (nSPS) is 12.1. The molecule has 2 N–H and O–H groups in total. The van der Waals surface area contributed by atoms with E-state index >= 15 is 0 Å². The molecule has 0 radical (unpaired) electrons. The molecule has 114 valence electrons. The highest BCUT2D eigenvalue weighted by Gasteiger charge is 2.13. The van der Waals surface area contributed by atoms with Gasteiger partial charge >= 0.3 is 0 Å². The molecule has 0 fully saturated rings. The monoisotopic (exact) mass is 322 g/mol. The summed E-state index contributed by atoms with van der Waals surface area (Å²) in [5.41, 5.74) is 1.19. The van der Waals surface area contributed by atoms with Gasteiger partial charge in [0.1, 0.15) is 11.6 Å². The van der Waals surface area contributed by atoms with Crippen molar-refractivity contribution < 1.29 is 18.3 Å². The Bertz CT molecular complexity index is 704. The molecule has 2 aromatic rings. The van der Waals surface area contributed by atoms with Gasteiger partial charge in [-0.1, -0.05) is 6.07 Å². The molecule has 1 aliphatic rings. The van der Waals surface area contributed by atoms with Crippen LogP contribution in [0.25, 0.3) is 0 Å². The minimum atomic E-state index is -0.666. The first kappa shape index (κ1) is 14.5. The van der Waals surface area contributed by atoms with Gasteiger partial charge in [-0.15, -0.1) is 0 Å². The SMILES string of the molecule is Fc1cc(F)cc(NC(=S)NCc2ccc3c(c2)OCO3)c1. The molecule has 0 amide bonds. The fourth-order valence-electron chi connectivity index (χ4n) is 2.03. The quantitative estimate of drug-likeness (QED) is 0.850. The lowest BCUT2D eigenvalue weighted by Gasteiger charge is -2.11. The van der Waals surface area contributed by atoms with Gasteiger partial charge in [-0.3, -0.25) is 0 Å². The Kier molecular flexibility index (Phi) is 4.06. The largest absolute Gasteiger partial charge is 0.454 e. The predicted octanol–water partition coefficient (Wildman–Crippen LogP) is 3.18. The van der Waals surface area contributed by atoms with E-state index in [4.69, 9.17) is 21.7 Å². The van der Waals surface area contributed by atoms with Crippen molar-refractivity contribution in [3.63, 3.8) is 0 Å². The summed E-state index contributed by atoms with van der Waals surface area (Å²) in [7, 11) is 0. The summed E-state index contributed by atoms with van der Waals surface area (Å²) in [6.07, 6.45) is 0. The maximum atomic E-state index is 13.1. The van der Waals surface area contributed by atoms with Crippen LogP contribution in [-0.2, 0) is 6.54 Å². The predicted molar refractivity (Wildman–Crippen MR) is 82.0 cm³/mol. The molecule has 4 nitrogen and oxygen atoms in total. The number of halogens is 2. The second kappa shape index (κ2) is 6.15. The molecule has 0 spiro atoms. The van der Waals surface area contributed by atoms with Crippen LogP contribution in [0.3, 0.4) is 0 Å². The summed E-state index contributed by atoms with van der Waals surface area (Å²) < 4.78 is 36.7. The van der Waals surface area contributed by atoms with Crippen molar-refractivity contribution in [2.45, 2.75) is 6.54 Å². The van der Waals surface area contributed by atoms with Crippen molar-refractivity contribution >= 4 is 23.0 Å². The summed E-state index contributed by atoms with van der Waals surface area (Å²) in [5, 5.41) is 5.95. The van der Waals surface area contributed by atoms with Crippen LogP contribution in [0.1, 0.15) is 5.56 Å². The number of thiocarbonyl (C=S) groups is 1. The molecule has 0 atom stereocenters. The summed E-state index contributed by atoms with van der Waals surface area (Å²) in [6.45, 7) is 0.664. The second-order valence-electron chi connectivity index (χ2n) is 4.65. The van der Waals surface area contributed by atoms with Gasteiger partial charge in [0.05, 0.1) is 0 Å². The highest BCUT2D eigenvalue weighted by atomic mass is 32.1. The topological polar surface area (TPSA) is 42.5 Å². The van der Waals surface area contributed by atoms with E-state index in [9.17, 15) is 8.78 Å². The zero-order valence-electron chi connectivity index (χ0n) is 11.4. The van der Waals surface area contributed by atoms with Crippen molar-refractivity contribution in [2.24, 2.45) is 0 Å². The lowest BCUT2D eigenvalue weighted by molar-refractivity contribution is 0.174. The molecule has 1 aliphatic heterocycles. The van der Waals surface area contributed by atoms with Gasteiger partial charge in [0.2, 0.25) is 6.79 Å². The zero-order valence-corrected chi connectivity index (χ0v) is 12.2. The van der Waals surface area contributed by atoms with E-state index in [-0.39, 0.29) is 17.6 Å². The van der Waals surface area contributed by atoms with Gasteiger partial charge in [-0.05, 0) is 42.0 Å². The van der Waals surface area contributed by atoms with E-state index in [1.54, 1.807) is 0 Å². The summed E-state index contributed by atoms with van der Waals surface area (Å²) in [6, 6.07) is 8.67. The average molecular weight is 322 g/mol. The van der Waals surface area contributed by atoms with Gasteiger partial charge in [0, 0.05) is 18.3 Å². The van der Waals surface area contributed by atoms with Crippen LogP contribution in [0.4, 0.5) is 14.5 Å². The Morgan fingerprint density at radius 1 is 1.05 bits per heavy atom. The molecule has 0 bridgehead atoms. The summed E-state index contributed by atoms with van der Waals surface area (Å²) >= 11 is 5.10. The molecular weight excluding hydrogens is 310 g/mol. The maximum absolute atomic E-state index is 13.1. The van der Waals surface area contributed by atoms with Crippen LogP contribution in [0.5, 0.6) is 11.5 Å². The second-order valence-corrected chi connectivity index (χ2v) is 5.06. The first-order valence-corrected chi connectivity index (χ1v) is 6.90. The number of anilines is 1. The van der Waals surface area contributed by atoms with E-state index in [0.29, 0.717) is 18.0 Å². The van der Waals surface area contributed by atoms with Gasteiger partial charge in [0.15, 0.2) is 16.6 Å². The Morgan fingerprint density at radius 3 is 2.55 bits per heavy atom. The van der Waals surface area contributed by atoms with Crippen molar-refractivity contribution in [1.29, 1.82) is 0 Å². The van der Waals surface area contributed by atoms with Crippen molar-refractivity contribution in [1.82, 2.24) is 5.32 Å². The van der Waals surface area contributed by atoms with E-state index in [1.165, 1.54) is 0 Å². The van der Waals surface area contributed by atoms with Crippen LogP contribution >= 0.6 is 12.2 Å². The smallest absolute Gasteiger partial charge is 0.231 e. The molecule has 0 aromatic heterocycles. The van der Waals surface area contributed by atoms with E-state index in [0.717, 1.165) is 23.8 Å². The molecule has 0 saturated carbocycles. The number of ether oxygens (including phenoxy) is 2. The van der Waals surface area contributed by atoms with Gasteiger partial charge in [-0.25, -0.2) is 8.78 Å². The summed E-state index contributed by atoms with van der Waals surface area (Å²) in [4.78, 5) is 0. The highest BCUT2D eigenvalue weighted by Crippen LogP contribution is 2.32. The van der Waals surface area contributed by atoms with Crippen LogP contribution in [0.15, 0.2) is 36.4 Å². The van der Waals surface area contributed by atoms with Crippen LogP contribution < -0.4 is 20.1 Å². The van der Waals surface area contributed by atoms with Crippen molar-refractivity contribution in [2.75, 3.05) is 12.1 Å². The van der Waals surface area contributed by atoms with E-state index in [2.05, 4.69) is 10.6 Å². The minimum Gasteiger partial charge on any atom is -0.454 e. The standard InChI is InChI=1S/C15H12F2N2O2S/c16-10-4-11(17)6-12(5-10)19-15(22)18-7-9-1-2-13-14(3-9)21-8-20-13/h1-6H,7-8H2,(H2,18,19,22). The molecular formula is C15H12F2N2O2S. The van der Waals surface area contributed by atoms with Gasteiger partial charge in [0.25, 0.3) is 0 Å². The number of benzene rings is 2. The number of nitrogens with one attached hydrogen (secondary N) is 2. The Balaban J connectivity index is 1.58. The first-order valence-electron chi connectivity index (χ1n) is 6.49. The fraction of sp³-hybridized carbons (Fsp3) is 0.133. The van der Waals surface area contributed by atoms with Crippen molar-refractivity contribution in [3.8, 4) is 11.5 Å². The lowest BCUT2D eigenvalue weighted by Crippen LogP contribution is -2.27. The molecule has 3 rings (SSSR count). The number of rotatable bonds is 3. The van der Waals surface area contributed by atoms with Crippen LogP contribution in [0, 0.1) is 11.6 Å². The summed E-state index contributed by atoms with van der Waals surface area (Å²) in [5.74, 6) is 0.0622. The Morgan fingerprint density at radius 2 is 1.77 bits per heavy atom. The van der Waals surface area contributed by atoms with Crippen molar-refractivity contribution in [3.05, 3.63) is 53.6 Å². The fourth-order valence-corrected chi connectivity index (χ4v) is 2.22. The third kappa shape index (κ3) is 3.43. The van der Waals surface area contributed by atoms with Crippen LogP contribution in [0.2, 0.25) is 0 Å². The number of fused-ring (bicyclic) bond motifs is 1. The van der Waals surface area contributed by atoms with Gasteiger partial charge in [-0.2, -0.15) is 0 Å². The highest BCUT2D eigenvalue weighted by molar-refractivity contribution is 7.80. The zero-order chi connectivity index (χ0) is 15.5. The average Bonchev–Trinajstić information content (AvgIpc) is 2.91. The van der Waals surface area contributed by atoms with Gasteiger partial charge < -0.3 is 20.1 Å². The molecule has 0 aliphatic carbocycles. The molecule has 7 heteroatoms. The molecule has 1 heterocycles. The maximum Gasteiger partial charge on any atom is 0.231 e. The number of hydrogen-bond acceptors (Lipinski definition) is 3. The molecule has 22 heavy (non-hydrogen) atoms. The van der Waals surface area contributed by atoms with E-state index < -0.39 is 11.6 Å². The molecule has 0 unspecified atom stereocenters. The minimum absolute atomic E-state index is 0.220. The Labute approximate surface area is 131 Å². The third-order valence-corrected chi connectivity index (χ3v) is 3.26.